The Kier molecular flexibility index (Phi) is 5.84. The number of methoxy groups -OCH3 is 1. The molecule has 0 fully saturated rings. The first-order valence-electron chi connectivity index (χ1n) is 4.25. The second kappa shape index (κ2) is 6.63. The molecule has 0 saturated heterocycles. The van der Waals surface area contributed by atoms with Gasteiger partial charge in [0.05, 0.1) is 13.5 Å². The monoisotopic (exact) mass is 218 g/mol. The van der Waals surface area contributed by atoms with E-state index in [0.717, 1.165) is 0 Å². The van der Waals surface area contributed by atoms with Gasteiger partial charge in [0.1, 0.15) is 6.54 Å². The molecule has 0 aliphatic heterocycles. The van der Waals surface area contributed by atoms with Gasteiger partial charge in [-0.3, -0.25) is 9.59 Å². The fraction of sp³-hybridized carbons (Fsp3) is 0.625. The summed E-state index contributed by atoms with van der Waals surface area (Å²) in [5, 5.41) is 10.6. The standard InChI is InChI=1S/C8H14N2O5/c1-10(4-3-6(11)12)8(14)9-5-7(13)15-2/h3-5H2,1-2H3,(H,9,14)(H,11,12). The van der Waals surface area contributed by atoms with Crippen molar-refractivity contribution in [2.24, 2.45) is 0 Å². The maximum atomic E-state index is 11.2. The third-order valence-electron chi connectivity index (χ3n) is 1.62. The van der Waals surface area contributed by atoms with Crippen molar-refractivity contribution >= 4 is 18.0 Å². The van der Waals surface area contributed by atoms with E-state index in [0.29, 0.717) is 0 Å². The number of hydrogen-bond donors (Lipinski definition) is 2. The average Bonchev–Trinajstić information content (AvgIpc) is 2.21. The molecule has 0 heterocycles. The molecule has 0 aliphatic rings. The lowest BCUT2D eigenvalue weighted by Crippen LogP contribution is -2.40. The summed E-state index contributed by atoms with van der Waals surface area (Å²) in [5.74, 6) is -1.54. The van der Waals surface area contributed by atoms with Crippen LogP contribution in [-0.2, 0) is 14.3 Å². The van der Waals surface area contributed by atoms with Crippen LogP contribution in [0, 0.1) is 0 Å². The molecule has 15 heavy (non-hydrogen) atoms. The zero-order chi connectivity index (χ0) is 11.8. The number of carbonyl (C=O) groups is 3. The molecule has 2 N–H and O–H groups in total. The number of carbonyl (C=O) groups excluding carboxylic acids is 2. The molecule has 0 aliphatic carbocycles. The highest BCUT2D eigenvalue weighted by Gasteiger charge is 2.10. The van der Waals surface area contributed by atoms with E-state index in [2.05, 4.69) is 10.1 Å². The van der Waals surface area contributed by atoms with Crippen LogP contribution in [0.15, 0.2) is 0 Å². The lowest BCUT2D eigenvalue weighted by Gasteiger charge is -2.16. The molecule has 0 saturated carbocycles. The molecule has 7 nitrogen and oxygen atoms in total. The van der Waals surface area contributed by atoms with Crippen LogP contribution < -0.4 is 5.32 Å². The van der Waals surface area contributed by atoms with E-state index in [9.17, 15) is 14.4 Å². The van der Waals surface area contributed by atoms with Gasteiger partial charge in [-0.25, -0.2) is 4.79 Å². The normalized spacial score (nSPS) is 9.20. The lowest BCUT2D eigenvalue weighted by atomic mass is 10.4. The van der Waals surface area contributed by atoms with Crippen LogP contribution in [0.4, 0.5) is 4.79 Å². The third kappa shape index (κ3) is 6.30. The van der Waals surface area contributed by atoms with Crippen molar-refractivity contribution in [3.63, 3.8) is 0 Å². The Bertz CT molecular complexity index is 253. The summed E-state index contributed by atoms with van der Waals surface area (Å²) >= 11 is 0. The molecule has 0 atom stereocenters. The Balaban J connectivity index is 3.79. The van der Waals surface area contributed by atoms with Crippen LogP contribution in [0.1, 0.15) is 6.42 Å². The minimum absolute atomic E-state index is 0.0857. The SMILES string of the molecule is COC(=O)CNC(=O)N(C)CCC(=O)O. The first-order valence-corrected chi connectivity index (χ1v) is 4.25. The van der Waals surface area contributed by atoms with Crippen LogP contribution in [-0.4, -0.2) is 55.2 Å². The molecule has 0 aromatic rings. The molecular weight excluding hydrogens is 204 g/mol. The molecule has 0 aromatic heterocycles. The molecule has 0 bridgehead atoms. The van der Waals surface area contributed by atoms with Crippen molar-refractivity contribution in [1.29, 1.82) is 0 Å². The van der Waals surface area contributed by atoms with Crippen molar-refractivity contribution in [2.75, 3.05) is 27.2 Å². The second-order valence-corrected chi connectivity index (χ2v) is 2.80. The summed E-state index contributed by atoms with van der Waals surface area (Å²) in [6.07, 6.45) is -0.137. The molecule has 0 radical (unpaired) electrons. The van der Waals surface area contributed by atoms with Crippen molar-refractivity contribution in [1.82, 2.24) is 10.2 Å². The summed E-state index contributed by atoms with van der Waals surface area (Å²) in [6.45, 7) is -0.144. The van der Waals surface area contributed by atoms with E-state index in [1.807, 2.05) is 0 Å². The number of ether oxygens (including phenoxy) is 1. The first kappa shape index (κ1) is 13.2. The van der Waals surface area contributed by atoms with Crippen molar-refractivity contribution in [2.45, 2.75) is 6.42 Å². The van der Waals surface area contributed by atoms with Gasteiger partial charge in [-0.05, 0) is 0 Å². The van der Waals surface area contributed by atoms with Crippen LogP contribution in [0.5, 0.6) is 0 Å². The average molecular weight is 218 g/mol. The predicted molar refractivity (Wildman–Crippen MR) is 50.3 cm³/mol. The Hall–Kier alpha value is -1.79. The van der Waals surface area contributed by atoms with Gasteiger partial charge in [0.2, 0.25) is 0 Å². The van der Waals surface area contributed by atoms with Gasteiger partial charge < -0.3 is 20.1 Å². The largest absolute Gasteiger partial charge is 0.481 e. The van der Waals surface area contributed by atoms with E-state index in [-0.39, 0.29) is 19.5 Å². The van der Waals surface area contributed by atoms with Crippen LogP contribution in [0.2, 0.25) is 0 Å². The summed E-state index contributed by atoms with van der Waals surface area (Å²) in [6, 6.07) is -0.512. The quantitative estimate of drug-likeness (QED) is 0.593. The lowest BCUT2D eigenvalue weighted by molar-refractivity contribution is -0.139. The molecule has 0 spiro atoms. The number of carboxylic acids is 1. The molecule has 0 unspecified atom stereocenters. The molecule has 0 rings (SSSR count). The number of nitrogens with one attached hydrogen (secondary N) is 1. The topological polar surface area (TPSA) is 95.9 Å². The molecule has 7 heteroatoms. The predicted octanol–water partition coefficient (Wildman–Crippen LogP) is -0.724. The first-order chi connectivity index (χ1) is 6.97. The van der Waals surface area contributed by atoms with E-state index < -0.39 is 18.0 Å². The summed E-state index contributed by atoms with van der Waals surface area (Å²) in [7, 11) is 2.65. The number of esters is 1. The van der Waals surface area contributed by atoms with Crippen LogP contribution >= 0.6 is 0 Å². The van der Waals surface area contributed by atoms with E-state index in [4.69, 9.17) is 5.11 Å². The van der Waals surface area contributed by atoms with Crippen LogP contribution in [0.25, 0.3) is 0 Å². The molecular formula is C8H14N2O5. The zero-order valence-corrected chi connectivity index (χ0v) is 8.65. The molecule has 86 valence electrons. The van der Waals surface area contributed by atoms with Gasteiger partial charge in [0.25, 0.3) is 0 Å². The fourth-order valence-corrected chi connectivity index (χ4v) is 0.720. The van der Waals surface area contributed by atoms with Crippen LogP contribution in [0.3, 0.4) is 0 Å². The summed E-state index contributed by atoms with van der Waals surface area (Å²) in [4.78, 5) is 33.2. The number of aliphatic carboxylic acids is 1. The Morgan fingerprint density at radius 3 is 2.47 bits per heavy atom. The van der Waals surface area contributed by atoms with Gasteiger partial charge in [0, 0.05) is 13.6 Å². The second-order valence-electron chi connectivity index (χ2n) is 2.80. The molecule has 2 amide bonds. The fourth-order valence-electron chi connectivity index (χ4n) is 0.720. The highest BCUT2D eigenvalue weighted by molar-refractivity contribution is 5.80. The molecule has 0 aromatic carbocycles. The van der Waals surface area contributed by atoms with Gasteiger partial charge in [-0.1, -0.05) is 0 Å². The minimum Gasteiger partial charge on any atom is -0.481 e. The van der Waals surface area contributed by atoms with Gasteiger partial charge in [0.15, 0.2) is 0 Å². The van der Waals surface area contributed by atoms with E-state index in [1.165, 1.54) is 19.1 Å². The van der Waals surface area contributed by atoms with Crippen molar-refractivity contribution < 1.29 is 24.2 Å². The smallest absolute Gasteiger partial charge is 0.325 e. The summed E-state index contributed by atoms with van der Waals surface area (Å²) < 4.78 is 4.31. The number of amides is 2. The van der Waals surface area contributed by atoms with Gasteiger partial charge in [-0.15, -0.1) is 0 Å². The Morgan fingerprint density at radius 2 is 2.00 bits per heavy atom. The minimum atomic E-state index is -0.984. The Morgan fingerprint density at radius 1 is 1.40 bits per heavy atom. The van der Waals surface area contributed by atoms with Crippen molar-refractivity contribution in [3.05, 3.63) is 0 Å². The number of hydrogen-bond acceptors (Lipinski definition) is 4. The van der Waals surface area contributed by atoms with E-state index >= 15 is 0 Å². The highest BCUT2D eigenvalue weighted by atomic mass is 16.5. The highest BCUT2D eigenvalue weighted by Crippen LogP contribution is 1.88. The number of urea groups is 1. The van der Waals surface area contributed by atoms with Gasteiger partial charge >= 0.3 is 18.0 Å². The van der Waals surface area contributed by atoms with Crippen molar-refractivity contribution in [3.8, 4) is 0 Å². The maximum Gasteiger partial charge on any atom is 0.325 e. The summed E-state index contributed by atoms with van der Waals surface area (Å²) in [5.41, 5.74) is 0. The zero-order valence-electron chi connectivity index (χ0n) is 8.65. The number of rotatable bonds is 5. The van der Waals surface area contributed by atoms with E-state index in [1.54, 1.807) is 0 Å². The van der Waals surface area contributed by atoms with Gasteiger partial charge in [-0.2, -0.15) is 0 Å². The Labute approximate surface area is 87.0 Å². The number of nitrogens with zero attached hydrogens (tertiary/aromatic N) is 1. The number of carboxylic acid groups (broad SMARTS) is 1. The third-order valence-corrected chi connectivity index (χ3v) is 1.62. The maximum absolute atomic E-state index is 11.2.